The molecule has 1 aromatic carbocycles. The van der Waals surface area contributed by atoms with Crippen LogP contribution in [0.2, 0.25) is 0 Å². The Morgan fingerprint density at radius 2 is 2.00 bits per heavy atom. The lowest BCUT2D eigenvalue weighted by Gasteiger charge is -2.17. The number of nitrogens with one attached hydrogen (secondary N) is 2. The van der Waals surface area contributed by atoms with E-state index in [1.165, 1.54) is 6.42 Å². The predicted molar refractivity (Wildman–Crippen MR) is 72.2 cm³/mol. The van der Waals surface area contributed by atoms with E-state index in [0.717, 1.165) is 25.9 Å². The molecule has 98 valence electrons. The molecule has 1 aliphatic heterocycles. The number of rotatable bonds is 3. The van der Waals surface area contributed by atoms with Crippen molar-refractivity contribution in [3.8, 4) is 0 Å². The summed E-state index contributed by atoms with van der Waals surface area (Å²) in [5, 5.41) is 0. The molecule has 1 atom stereocenters. The number of likely N-dealkylation sites (tertiary alicyclic amines) is 1. The van der Waals surface area contributed by atoms with Crippen LogP contribution in [0.3, 0.4) is 0 Å². The van der Waals surface area contributed by atoms with Crippen molar-refractivity contribution in [1.82, 2.24) is 15.8 Å². The molecular formula is C14H21N3O. The van der Waals surface area contributed by atoms with Crippen LogP contribution in [-0.4, -0.2) is 37.0 Å². The minimum Gasteiger partial charge on any atom is -0.306 e. The Morgan fingerprint density at radius 3 is 2.78 bits per heavy atom. The zero-order chi connectivity index (χ0) is 12.8. The molecular weight excluding hydrogens is 226 g/mol. The fourth-order valence-corrected chi connectivity index (χ4v) is 2.21. The minimum atomic E-state index is -0.0619. The fourth-order valence-electron chi connectivity index (χ4n) is 2.21. The van der Waals surface area contributed by atoms with E-state index >= 15 is 0 Å². The van der Waals surface area contributed by atoms with Crippen molar-refractivity contribution in [2.75, 3.05) is 20.1 Å². The normalized spacial score (nSPS) is 21.3. The largest absolute Gasteiger partial charge is 0.306 e. The molecule has 2 rings (SSSR count). The molecule has 1 heterocycles. The summed E-state index contributed by atoms with van der Waals surface area (Å²) in [5.74, 6) is -0.0619. The molecule has 0 unspecified atom stereocenters. The molecule has 0 radical (unpaired) electrons. The number of carbonyl (C=O) groups is 1. The summed E-state index contributed by atoms with van der Waals surface area (Å²) in [6, 6.07) is 9.66. The third-order valence-corrected chi connectivity index (χ3v) is 3.38. The lowest BCUT2D eigenvalue weighted by atomic mass is 10.1. The Morgan fingerprint density at radius 1 is 1.22 bits per heavy atom. The van der Waals surface area contributed by atoms with Crippen LogP contribution in [0.15, 0.2) is 30.3 Å². The molecule has 4 heteroatoms. The average Bonchev–Trinajstić information content (AvgIpc) is 2.62. The molecule has 1 fully saturated rings. The first kappa shape index (κ1) is 13.1. The SMILES string of the molecule is CN1CCC[C@H](NNC(=O)c2ccccc2)CC1. The van der Waals surface area contributed by atoms with E-state index in [-0.39, 0.29) is 5.91 Å². The van der Waals surface area contributed by atoms with Crippen LogP contribution in [0.5, 0.6) is 0 Å². The van der Waals surface area contributed by atoms with Crippen molar-refractivity contribution < 1.29 is 4.79 Å². The Bertz CT molecular complexity index is 380. The lowest BCUT2D eigenvalue weighted by molar-refractivity contribution is 0.0923. The van der Waals surface area contributed by atoms with Gasteiger partial charge in [0.05, 0.1) is 0 Å². The van der Waals surface area contributed by atoms with Crippen molar-refractivity contribution in [3.05, 3.63) is 35.9 Å². The van der Waals surface area contributed by atoms with E-state index in [1.54, 1.807) is 0 Å². The highest BCUT2D eigenvalue weighted by molar-refractivity contribution is 5.93. The summed E-state index contributed by atoms with van der Waals surface area (Å²) in [4.78, 5) is 14.2. The van der Waals surface area contributed by atoms with Crippen molar-refractivity contribution in [1.29, 1.82) is 0 Å². The number of amides is 1. The first-order valence-electron chi connectivity index (χ1n) is 6.55. The quantitative estimate of drug-likeness (QED) is 0.794. The third-order valence-electron chi connectivity index (χ3n) is 3.38. The Labute approximate surface area is 108 Å². The number of hydrogen-bond donors (Lipinski definition) is 2. The van der Waals surface area contributed by atoms with Gasteiger partial charge in [-0.3, -0.25) is 10.2 Å². The fraction of sp³-hybridized carbons (Fsp3) is 0.500. The first-order chi connectivity index (χ1) is 8.75. The molecule has 4 nitrogen and oxygen atoms in total. The van der Waals surface area contributed by atoms with Gasteiger partial charge < -0.3 is 4.90 Å². The van der Waals surface area contributed by atoms with Crippen molar-refractivity contribution in [3.63, 3.8) is 0 Å². The number of carbonyl (C=O) groups excluding carboxylic acids is 1. The van der Waals surface area contributed by atoms with E-state index in [0.29, 0.717) is 11.6 Å². The second-order valence-corrected chi connectivity index (χ2v) is 4.90. The summed E-state index contributed by atoms with van der Waals surface area (Å²) in [5.41, 5.74) is 6.65. The van der Waals surface area contributed by atoms with E-state index in [1.807, 2.05) is 30.3 Å². The maximum Gasteiger partial charge on any atom is 0.265 e. The van der Waals surface area contributed by atoms with Crippen LogP contribution >= 0.6 is 0 Å². The number of hydrogen-bond acceptors (Lipinski definition) is 3. The van der Waals surface area contributed by atoms with Gasteiger partial charge in [0.2, 0.25) is 0 Å². The number of benzene rings is 1. The molecule has 1 amide bonds. The van der Waals surface area contributed by atoms with Gasteiger partial charge in [0.15, 0.2) is 0 Å². The van der Waals surface area contributed by atoms with E-state index in [4.69, 9.17) is 0 Å². The van der Waals surface area contributed by atoms with Crippen LogP contribution < -0.4 is 10.9 Å². The Kier molecular flexibility index (Phi) is 4.73. The summed E-state index contributed by atoms with van der Waals surface area (Å²) >= 11 is 0. The van der Waals surface area contributed by atoms with Gasteiger partial charge in [-0.2, -0.15) is 0 Å². The molecule has 1 aliphatic rings. The highest BCUT2D eigenvalue weighted by atomic mass is 16.2. The standard InChI is InChI=1S/C14H21N3O/c1-17-10-5-8-13(9-11-17)15-16-14(18)12-6-3-2-4-7-12/h2-4,6-7,13,15H,5,8-11H2,1H3,(H,16,18)/t13-/m0/s1. The van der Waals surface area contributed by atoms with E-state index in [2.05, 4.69) is 22.8 Å². The molecule has 0 saturated carbocycles. The van der Waals surface area contributed by atoms with Gasteiger partial charge in [-0.05, 0) is 51.5 Å². The van der Waals surface area contributed by atoms with Gasteiger partial charge in [-0.25, -0.2) is 5.43 Å². The Hall–Kier alpha value is -1.39. The molecule has 0 aliphatic carbocycles. The summed E-state index contributed by atoms with van der Waals surface area (Å²) in [7, 11) is 2.14. The van der Waals surface area contributed by atoms with Gasteiger partial charge >= 0.3 is 0 Å². The highest BCUT2D eigenvalue weighted by Crippen LogP contribution is 2.08. The monoisotopic (exact) mass is 247 g/mol. The third kappa shape index (κ3) is 3.82. The van der Waals surface area contributed by atoms with E-state index < -0.39 is 0 Å². The molecule has 1 aromatic rings. The molecule has 0 bridgehead atoms. The maximum atomic E-state index is 11.9. The second-order valence-electron chi connectivity index (χ2n) is 4.90. The molecule has 0 spiro atoms. The maximum absolute atomic E-state index is 11.9. The van der Waals surface area contributed by atoms with E-state index in [9.17, 15) is 4.79 Å². The first-order valence-corrected chi connectivity index (χ1v) is 6.55. The van der Waals surface area contributed by atoms with Gasteiger partial charge in [-0.15, -0.1) is 0 Å². The molecule has 2 N–H and O–H groups in total. The van der Waals surface area contributed by atoms with Crippen LogP contribution in [0.25, 0.3) is 0 Å². The zero-order valence-corrected chi connectivity index (χ0v) is 10.9. The smallest absolute Gasteiger partial charge is 0.265 e. The number of nitrogens with zero attached hydrogens (tertiary/aromatic N) is 1. The van der Waals surface area contributed by atoms with Gasteiger partial charge in [-0.1, -0.05) is 18.2 Å². The van der Waals surface area contributed by atoms with Crippen LogP contribution in [0.1, 0.15) is 29.6 Å². The van der Waals surface area contributed by atoms with Crippen LogP contribution in [0, 0.1) is 0 Å². The summed E-state index contributed by atoms with van der Waals surface area (Å²) in [6.07, 6.45) is 3.36. The van der Waals surface area contributed by atoms with Crippen molar-refractivity contribution in [2.45, 2.75) is 25.3 Å². The van der Waals surface area contributed by atoms with Crippen LogP contribution in [0.4, 0.5) is 0 Å². The zero-order valence-electron chi connectivity index (χ0n) is 10.9. The van der Waals surface area contributed by atoms with Crippen molar-refractivity contribution >= 4 is 5.91 Å². The summed E-state index contributed by atoms with van der Waals surface area (Å²) < 4.78 is 0. The number of hydrazine groups is 1. The van der Waals surface area contributed by atoms with Gasteiger partial charge in [0.25, 0.3) is 5.91 Å². The lowest BCUT2D eigenvalue weighted by Crippen LogP contribution is -2.44. The highest BCUT2D eigenvalue weighted by Gasteiger charge is 2.15. The minimum absolute atomic E-state index is 0.0619. The second kappa shape index (κ2) is 6.52. The molecule has 0 aromatic heterocycles. The summed E-state index contributed by atoms with van der Waals surface area (Å²) in [6.45, 7) is 2.23. The van der Waals surface area contributed by atoms with Crippen molar-refractivity contribution in [2.24, 2.45) is 0 Å². The van der Waals surface area contributed by atoms with Crippen LogP contribution in [-0.2, 0) is 0 Å². The van der Waals surface area contributed by atoms with Gasteiger partial charge in [0, 0.05) is 11.6 Å². The average molecular weight is 247 g/mol. The van der Waals surface area contributed by atoms with Gasteiger partial charge in [0.1, 0.15) is 0 Å². The topological polar surface area (TPSA) is 44.4 Å². The Balaban J connectivity index is 1.79. The predicted octanol–water partition coefficient (Wildman–Crippen LogP) is 1.41. The molecule has 18 heavy (non-hydrogen) atoms. The molecule has 1 saturated heterocycles.